The number of hydrogen-bond donors (Lipinski definition) is 1. The summed E-state index contributed by atoms with van der Waals surface area (Å²) in [5, 5.41) is 2.03. The molecule has 0 amide bonds. The zero-order chi connectivity index (χ0) is 12.4. The van der Waals surface area contributed by atoms with E-state index in [1.54, 1.807) is 11.3 Å². The van der Waals surface area contributed by atoms with E-state index in [9.17, 15) is 0 Å². The Labute approximate surface area is 109 Å². The third-order valence-corrected chi connectivity index (χ3v) is 3.69. The van der Waals surface area contributed by atoms with Gasteiger partial charge in [-0.25, -0.2) is 4.98 Å². The highest BCUT2D eigenvalue weighted by molar-refractivity contribution is 7.13. The minimum Gasteiger partial charge on any atom is -0.384 e. The molecule has 0 aromatic carbocycles. The smallest absolute Gasteiger partial charge is 0.228 e. The highest BCUT2D eigenvalue weighted by atomic mass is 32.1. The van der Waals surface area contributed by atoms with Crippen molar-refractivity contribution in [2.75, 3.05) is 36.9 Å². The molecule has 0 atom stereocenters. The average Bonchev–Trinajstić information content (AvgIpc) is 2.93. The van der Waals surface area contributed by atoms with Crippen LogP contribution >= 0.6 is 11.3 Å². The Hall–Kier alpha value is -1.66. The van der Waals surface area contributed by atoms with Crippen molar-refractivity contribution < 1.29 is 4.74 Å². The Kier molecular flexibility index (Phi) is 3.12. The summed E-state index contributed by atoms with van der Waals surface area (Å²) < 4.78 is 5.33. The van der Waals surface area contributed by atoms with Crippen molar-refractivity contribution in [1.29, 1.82) is 0 Å². The van der Waals surface area contributed by atoms with Crippen molar-refractivity contribution in [3.63, 3.8) is 0 Å². The molecule has 2 N–H and O–H groups in total. The van der Waals surface area contributed by atoms with Gasteiger partial charge in [0, 0.05) is 19.2 Å². The Morgan fingerprint density at radius 1 is 1.28 bits per heavy atom. The normalized spacial score (nSPS) is 15.9. The molecule has 2 aromatic heterocycles. The van der Waals surface area contributed by atoms with Crippen molar-refractivity contribution in [3.8, 4) is 10.6 Å². The molecular weight excluding hydrogens is 248 g/mol. The summed E-state index contributed by atoms with van der Waals surface area (Å²) in [5.41, 5.74) is 6.76. The van der Waals surface area contributed by atoms with Crippen LogP contribution in [0.4, 0.5) is 11.8 Å². The van der Waals surface area contributed by atoms with Gasteiger partial charge in [0.2, 0.25) is 5.95 Å². The fourth-order valence-corrected chi connectivity index (χ4v) is 2.59. The number of ether oxygens (including phenoxy) is 1. The van der Waals surface area contributed by atoms with E-state index in [1.165, 1.54) is 0 Å². The Morgan fingerprint density at radius 2 is 2.11 bits per heavy atom. The molecule has 1 aliphatic rings. The van der Waals surface area contributed by atoms with Gasteiger partial charge >= 0.3 is 0 Å². The number of nitrogen functional groups attached to an aromatic ring is 1. The third-order valence-electron chi connectivity index (χ3n) is 2.80. The molecule has 1 saturated heterocycles. The maximum absolute atomic E-state index is 5.87. The molecule has 94 valence electrons. The lowest BCUT2D eigenvalue weighted by Gasteiger charge is -2.27. The highest BCUT2D eigenvalue weighted by Gasteiger charge is 2.15. The van der Waals surface area contributed by atoms with Gasteiger partial charge in [-0.15, -0.1) is 11.3 Å². The first kappa shape index (κ1) is 11.4. The first-order chi connectivity index (χ1) is 8.83. The lowest BCUT2D eigenvalue weighted by Crippen LogP contribution is -2.37. The van der Waals surface area contributed by atoms with Crippen LogP contribution in [0.25, 0.3) is 10.6 Å². The second kappa shape index (κ2) is 4.91. The quantitative estimate of drug-likeness (QED) is 0.891. The standard InChI is InChI=1S/C12H14N4OS/c13-11-8-9(10-2-1-7-18-10)14-12(15-11)16-3-5-17-6-4-16/h1-2,7-8H,3-6H2,(H2,13,14,15). The van der Waals surface area contributed by atoms with Gasteiger partial charge in [-0.05, 0) is 11.4 Å². The van der Waals surface area contributed by atoms with Crippen LogP contribution in [0.5, 0.6) is 0 Å². The van der Waals surface area contributed by atoms with Crippen molar-refractivity contribution in [2.45, 2.75) is 0 Å². The molecule has 3 heterocycles. The number of anilines is 2. The molecule has 18 heavy (non-hydrogen) atoms. The van der Waals surface area contributed by atoms with E-state index in [0.717, 1.165) is 23.7 Å². The minimum absolute atomic E-state index is 0.509. The van der Waals surface area contributed by atoms with Gasteiger partial charge < -0.3 is 15.4 Å². The Bertz CT molecular complexity index is 523. The minimum atomic E-state index is 0.509. The van der Waals surface area contributed by atoms with E-state index in [1.807, 2.05) is 23.6 Å². The second-order valence-corrected chi connectivity index (χ2v) is 5.00. The van der Waals surface area contributed by atoms with Crippen molar-refractivity contribution in [1.82, 2.24) is 9.97 Å². The molecule has 6 heteroatoms. The van der Waals surface area contributed by atoms with Crippen LogP contribution in [0.1, 0.15) is 0 Å². The monoisotopic (exact) mass is 262 g/mol. The number of rotatable bonds is 2. The van der Waals surface area contributed by atoms with Gasteiger partial charge in [0.25, 0.3) is 0 Å². The molecule has 1 fully saturated rings. The van der Waals surface area contributed by atoms with E-state index < -0.39 is 0 Å². The summed E-state index contributed by atoms with van der Waals surface area (Å²) in [6, 6.07) is 5.86. The number of morpholine rings is 1. The van der Waals surface area contributed by atoms with Crippen LogP contribution in [-0.2, 0) is 4.74 Å². The summed E-state index contributed by atoms with van der Waals surface area (Å²) >= 11 is 1.65. The van der Waals surface area contributed by atoms with Crippen LogP contribution in [0.2, 0.25) is 0 Å². The van der Waals surface area contributed by atoms with Crippen LogP contribution < -0.4 is 10.6 Å². The fourth-order valence-electron chi connectivity index (χ4n) is 1.91. The van der Waals surface area contributed by atoms with Gasteiger partial charge in [-0.3, -0.25) is 0 Å². The molecule has 3 rings (SSSR count). The number of nitrogens with zero attached hydrogens (tertiary/aromatic N) is 3. The first-order valence-electron chi connectivity index (χ1n) is 5.84. The molecule has 0 unspecified atom stereocenters. The third kappa shape index (κ3) is 2.30. The number of aromatic nitrogens is 2. The van der Waals surface area contributed by atoms with Crippen LogP contribution in [0.3, 0.4) is 0 Å². The topological polar surface area (TPSA) is 64.3 Å². The molecule has 0 radical (unpaired) electrons. The lowest BCUT2D eigenvalue weighted by atomic mass is 10.3. The predicted molar refractivity (Wildman–Crippen MR) is 72.8 cm³/mol. The lowest BCUT2D eigenvalue weighted by molar-refractivity contribution is 0.122. The first-order valence-corrected chi connectivity index (χ1v) is 6.72. The molecule has 5 nitrogen and oxygen atoms in total. The molecule has 0 bridgehead atoms. The van der Waals surface area contributed by atoms with Crippen LogP contribution in [0.15, 0.2) is 23.6 Å². The molecule has 0 aliphatic carbocycles. The van der Waals surface area contributed by atoms with Gasteiger partial charge in [0.1, 0.15) is 5.82 Å². The Balaban J connectivity index is 1.95. The Morgan fingerprint density at radius 3 is 2.83 bits per heavy atom. The maximum atomic E-state index is 5.87. The maximum Gasteiger partial charge on any atom is 0.228 e. The number of hydrogen-bond acceptors (Lipinski definition) is 6. The van der Waals surface area contributed by atoms with E-state index in [4.69, 9.17) is 10.5 Å². The number of nitrogens with two attached hydrogens (primary N) is 1. The summed E-state index contributed by atoms with van der Waals surface area (Å²) in [5.74, 6) is 1.21. The molecule has 0 saturated carbocycles. The highest BCUT2D eigenvalue weighted by Crippen LogP contribution is 2.25. The van der Waals surface area contributed by atoms with Gasteiger partial charge in [-0.2, -0.15) is 4.98 Å². The van der Waals surface area contributed by atoms with Crippen molar-refractivity contribution in [2.24, 2.45) is 0 Å². The molecular formula is C12H14N4OS. The molecule has 0 spiro atoms. The van der Waals surface area contributed by atoms with Gasteiger partial charge in [0.15, 0.2) is 0 Å². The van der Waals surface area contributed by atoms with E-state index >= 15 is 0 Å². The summed E-state index contributed by atoms with van der Waals surface area (Å²) in [7, 11) is 0. The van der Waals surface area contributed by atoms with Crippen LogP contribution in [0, 0.1) is 0 Å². The number of thiophene rings is 1. The van der Waals surface area contributed by atoms with E-state index in [2.05, 4.69) is 14.9 Å². The predicted octanol–water partition coefficient (Wildman–Crippen LogP) is 1.62. The SMILES string of the molecule is Nc1cc(-c2cccs2)nc(N2CCOCC2)n1. The van der Waals surface area contributed by atoms with E-state index in [0.29, 0.717) is 25.0 Å². The average molecular weight is 262 g/mol. The van der Waals surface area contributed by atoms with Crippen LogP contribution in [-0.4, -0.2) is 36.3 Å². The molecule has 2 aromatic rings. The summed E-state index contributed by atoms with van der Waals surface area (Å²) in [6.45, 7) is 3.06. The van der Waals surface area contributed by atoms with Crippen molar-refractivity contribution in [3.05, 3.63) is 23.6 Å². The van der Waals surface area contributed by atoms with E-state index in [-0.39, 0.29) is 0 Å². The van der Waals surface area contributed by atoms with Crippen molar-refractivity contribution >= 4 is 23.1 Å². The zero-order valence-electron chi connectivity index (χ0n) is 9.87. The van der Waals surface area contributed by atoms with Gasteiger partial charge in [-0.1, -0.05) is 6.07 Å². The largest absolute Gasteiger partial charge is 0.384 e. The zero-order valence-corrected chi connectivity index (χ0v) is 10.7. The summed E-state index contributed by atoms with van der Waals surface area (Å²) in [6.07, 6.45) is 0. The summed E-state index contributed by atoms with van der Waals surface area (Å²) in [4.78, 5) is 12.1. The second-order valence-electron chi connectivity index (χ2n) is 4.05. The molecule has 1 aliphatic heterocycles. The fraction of sp³-hybridized carbons (Fsp3) is 0.333. The van der Waals surface area contributed by atoms with Gasteiger partial charge in [0.05, 0.1) is 23.8 Å².